The Labute approximate surface area is 148 Å². The van der Waals surface area contributed by atoms with Crippen LogP contribution in [0.5, 0.6) is 0 Å². The number of pyridine rings is 2. The molecule has 0 saturated carbocycles. The van der Waals surface area contributed by atoms with Gasteiger partial charge in [0.25, 0.3) is 0 Å². The van der Waals surface area contributed by atoms with E-state index in [-0.39, 0.29) is 17.7 Å². The normalized spacial score (nSPS) is 21.9. The maximum atomic E-state index is 11.5. The minimum absolute atomic E-state index is 0.114. The van der Waals surface area contributed by atoms with Gasteiger partial charge in [0.05, 0.1) is 5.75 Å². The molecule has 3 rings (SSSR count). The highest BCUT2D eigenvalue weighted by molar-refractivity contribution is 14.1. The van der Waals surface area contributed by atoms with Crippen molar-refractivity contribution in [2.24, 2.45) is 5.92 Å². The first kappa shape index (κ1) is 16.2. The third kappa shape index (κ3) is 3.16. The third-order valence-corrected chi connectivity index (χ3v) is 5.84. The van der Waals surface area contributed by atoms with Crippen LogP contribution in [0.2, 0.25) is 5.15 Å². The predicted molar refractivity (Wildman–Crippen MR) is 97.3 cm³/mol. The number of halogens is 2. The number of fused-ring (bicyclic) bond motifs is 1. The molecule has 1 fully saturated rings. The monoisotopic (exact) mass is 451 g/mol. The summed E-state index contributed by atoms with van der Waals surface area (Å²) < 4.78 is 23.8. The van der Waals surface area contributed by atoms with Crippen LogP contribution in [0.1, 0.15) is 6.92 Å². The lowest BCUT2D eigenvalue weighted by Crippen LogP contribution is -2.57. The lowest BCUT2D eigenvalue weighted by Gasteiger charge is -2.47. The van der Waals surface area contributed by atoms with Gasteiger partial charge in [0.2, 0.25) is 0 Å². The average molecular weight is 452 g/mol. The molecule has 2 atom stereocenters. The van der Waals surface area contributed by atoms with Crippen molar-refractivity contribution >= 4 is 60.6 Å². The topological polar surface area (TPSA) is 63.2 Å². The van der Waals surface area contributed by atoms with E-state index in [1.807, 2.05) is 19.1 Å². The molecular weight excluding hydrogens is 437 g/mol. The number of sulfone groups is 1. The highest BCUT2D eigenvalue weighted by atomic mass is 127. The predicted octanol–water partition coefficient (Wildman–Crippen LogP) is 2.76. The molecule has 0 N–H and O–H groups in total. The van der Waals surface area contributed by atoms with Gasteiger partial charge >= 0.3 is 0 Å². The van der Waals surface area contributed by atoms with Crippen molar-refractivity contribution in [3.8, 4) is 0 Å². The first-order valence-electron chi connectivity index (χ1n) is 6.81. The van der Waals surface area contributed by atoms with Crippen LogP contribution in [0, 0.1) is 9.62 Å². The Hall–Kier alpha value is -0.670. The lowest BCUT2D eigenvalue weighted by molar-refractivity contribution is 0.339. The summed E-state index contributed by atoms with van der Waals surface area (Å²) in [6.45, 7) is 2.69. The van der Waals surface area contributed by atoms with Crippen LogP contribution < -0.4 is 4.90 Å². The minimum atomic E-state index is -2.97. The summed E-state index contributed by atoms with van der Waals surface area (Å²) in [5, 5.41) is 2.37. The van der Waals surface area contributed by atoms with Crippen molar-refractivity contribution < 1.29 is 8.42 Å². The molecule has 118 valence electrons. The van der Waals surface area contributed by atoms with Gasteiger partial charge in [-0.25, -0.2) is 18.4 Å². The van der Waals surface area contributed by atoms with Gasteiger partial charge in [0, 0.05) is 36.3 Å². The van der Waals surface area contributed by atoms with Crippen molar-refractivity contribution in [3.05, 3.63) is 27.2 Å². The fraction of sp³-hybridized carbons (Fsp3) is 0.429. The summed E-state index contributed by atoms with van der Waals surface area (Å²) in [6.07, 6.45) is 3.08. The molecule has 2 aromatic heterocycles. The number of aromatic nitrogens is 2. The Balaban J connectivity index is 1.95. The Kier molecular flexibility index (Phi) is 4.24. The maximum absolute atomic E-state index is 11.5. The molecule has 1 aliphatic rings. The number of anilines is 1. The second kappa shape index (κ2) is 5.76. The van der Waals surface area contributed by atoms with Gasteiger partial charge in [0.1, 0.15) is 24.5 Å². The number of hydrogen-bond donors (Lipinski definition) is 0. The van der Waals surface area contributed by atoms with E-state index >= 15 is 0 Å². The van der Waals surface area contributed by atoms with E-state index in [0.717, 1.165) is 20.3 Å². The van der Waals surface area contributed by atoms with Gasteiger partial charge in [-0.05, 0) is 47.0 Å². The highest BCUT2D eigenvalue weighted by Crippen LogP contribution is 2.36. The van der Waals surface area contributed by atoms with E-state index in [2.05, 4.69) is 37.5 Å². The molecule has 0 spiro atoms. The summed E-state index contributed by atoms with van der Waals surface area (Å²) in [6, 6.07) is 3.90. The third-order valence-electron chi connectivity index (χ3n) is 4.02. The summed E-state index contributed by atoms with van der Waals surface area (Å²) in [7, 11) is -2.97. The molecule has 0 bridgehead atoms. The van der Waals surface area contributed by atoms with Crippen molar-refractivity contribution in [1.29, 1.82) is 0 Å². The van der Waals surface area contributed by atoms with Gasteiger partial charge in [-0.2, -0.15) is 0 Å². The zero-order chi connectivity index (χ0) is 16.1. The second-order valence-electron chi connectivity index (χ2n) is 5.74. The van der Waals surface area contributed by atoms with E-state index < -0.39 is 9.84 Å². The van der Waals surface area contributed by atoms with Crippen molar-refractivity contribution in [1.82, 2.24) is 9.97 Å². The Morgan fingerprint density at radius 3 is 2.82 bits per heavy atom. The highest BCUT2D eigenvalue weighted by Gasteiger charge is 2.38. The molecule has 0 radical (unpaired) electrons. The molecule has 0 aliphatic carbocycles. The zero-order valence-corrected chi connectivity index (χ0v) is 15.9. The van der Waals surface area contributed by atoms with E-state index in [9.17, 15) is 8.42 Å². The fourth-order valence-electron chi connectivity index (χ4n) is 2.84. The van der Waals surface area contributed by atoms with Crippen LogP contribution >= 0.6 is 34.2 Å². The molecule has 5 nitrogen and oxygen atoms in total. The lowest BCUT2D eigenvalue weighted by atomic mass is 9.91. The Bertz CT molecular complexity index is 838. The average Bonchev–Trinajstić information content (AvgIpc) is 2.40. The van der Waals surface area contributed by atoms with E-state index in [1.165, 1.54) is 6.26 Å². The number of nitrogens with zero attached hydrogens (tertiary/aromatic N) is 3. The Morgan fingerprint density at radius 2 is 2.18 bits per heavy atom. The molecule has 0 amide bonds. The summed E-state index contributed by atoms with van der Waals surface area (Å²) in [5.41, 5.74) is 0. The zero-order valence-electron chi connectivity index (χ0n) is 12.1. The summed E-state index contributed by atoms with van der Waals surface area (Å²) >= 11 is 8.29. The van der Waals surface area contributed by atoms with Crippen LogP contribution in [0.15, 0.2) is 18.3 Å². The summed E-state index contributed by atoms with van der Waals surface area (Å²) in [4.78, 5) is 10.9. The van der Waals surface area contributed by atoms with E-state index in [1.54, 1.807) is 6.20 Å². The molecule has 3 heterocycles. The van der Waals surface area contributed by atoms with E-state index in [0.29, 0.717) is 11.7 Å². The molecule has 0 unspecified atom stereocenters. The summed E-state index contributed by atoms with van der Waals surface area (Å²) in [5.74, 6) is 1.12. The molecule has 1 saturated heterocycles. The van der Waals surface area contributed by atoms with Crippen LogP contribution in [-0.2, 0) is 9.84 Å². The van der Waals surface area contributed by atoms with Crippen molar-refractivity contribution in [2.75, 3.05) is 23.5 Å². The van der Waals surface area contributed by atoms with Crippen molar-refractivity contribution in [2.45, 2.75) is 13.0 Å². The van der Waals surface area contributed by atoms with Crippen LogP contribution in [0.4, 0.5) is 5.82 Å². The largest absolute Gasteiger partial charge is 0.353 e. The SMILES string of the molecule is C[C@@H]1[C@@H](CS(C)(=O)=O)CN1c1nc(Cl)cc2cc(I)ncc12. The van der Waals surface area contributed by atoms with E-state index in [4.69, 9.17) is 11.6 Å². The minimum Gasteiger partial charge on any atom is -0.353 e. The first-order valence-corrected chi connectivity index (χ1v) is 10.3. The van der Waals surface area contributed by atoms with Crippen LogP contribution in [0.3, 0.4) is 0 Å². The molecule has 22 heavy (non-hydrogen) atoms. The second-order valence-corrected chi connectivity index (χ2v) is 9.42. The van der Waals surface area contributed by atoms with Crippen molar-refractivity contribution in [3.63, 3.8) is 0 Å². The quantitative estimate of drug-likeness (QED) is 0.530. The van der Waals surface area contributed by atoms with Crippen LogP contribution in [-0.4, -0.2) is 43.0 Å². The standard InChI is InChI=1S/C14H15ClIN3O2S/c1-8-10(7-22(2,20)21)6-19(8)14-11-5-17-13(16)4-9(11)3-12(15)18-14/h3-5,8,10H,6-7H2,1-2H3/t8-,10-/m1/s1. The van der Waals surface area contributed by atoms with Crippen LogP contribution in [0.25, 0.3) is 10.8 Å². The first-order chi connectivity index (χ1) is 10.2. The smallest absolute Gasteiger partial charge is 0.147 e. The molecule has 1 aliphatic heterocycles. The molecule has 0 aromatic carbocycles. The molecule has 8 heteroatoms. The molecule has 2 aromatic rings. The van der Waals surface area contributed by atoms with Gasteiger partial charge in [-0.1, -0.05) is 11.6 Å². The van der Waals surface area contributed by atoms with Gasteiger partial charge < -0.3 is 4.90 Å². The van der Waals surface area contributed by atoms with Gasteiger partial charge in [-0.3, -0.25) is 0 Å². The Morgan fingerprint density at radius 1 is 1.45 bits per heavy atom. The number of rotatable bonds is 3. The molecular formula is C14H15ClIN3O2S. The van der Waals surface area contributed by atoms with Gasteiger partial charge in [-0.15, -0.1) is 0 Å². The van der Waals surface area contributed by atoms with Gasteiger partial charge in [0.15, 0.2) is 0 Å². The number of hydrogen-bond acceptors (Lipinski definition) is 5. The maximum Gasteiger partial charge on any atom is 0.147 e. The fourth-order valence-corrected chi connectivity index (χ4v) is 4.67.